The number of para-hydroxylation sites is 1. The van der Waals surface area contributed by atoms with E-state index in [2.05, 4.69) is 20.6 Å². The number of nitrogens with zero attached hydrogens (tertiary/aromatic N) is 2. The van der Waals surface area contributed by atoms with Crippen molar-refractivity contribution in [3.8, 4) is 0 Å². The van der Waals surface area contributed by atoms with Gasteiger partial charge in [0.25, 0.3) is 5.91 Å². The van der Waals surface area contributed by atoms with Crippen molar-refractivity contribution in [1.29, 1.82) is 0 Å². The quantitative estimate of drug-likeness (QED) is 0.640. The van der Waals surface area contributed by atoms with Gasteiger partial charge < -0.3 is 10.6 Å². The smallest absolute Gasteiger partial charge is 0.274 e. The van der Waals surface area contributed by atoms with E-state index < -0.39 is 11.7 Å². The molecule has 0 aliphatic rings. The number of aryl methyl sites for hydroxylation is 1. The number of carbonyl (C=O) groups is 1. The Balaban J connectivity index is 1.83. The molecule has 132 valence electrons. The third-order valence-electron chi connectivity index (χ3n) is 3.38. The Kier molecular flexibility index (Phi) is 5.35. The van der Waals surface area contributed by atoms with Crippen LogP contribution in [0.1, 0.15) is 16.3 Å². The van der Waals surface area contributed by atoms with Crippen LogP contribution in [-0.2, 0) is 0 Å². The first-order valence-electron chi connectivity index (χ1n) is 7.56. The van der Waals surface area contributed by atoms with Gasteiger partial charge in [0.1, 0.15) is 23.2 Å². The van der Waals surface area contributed by atoms with Crippen LogP contribution in [0, 0.1) is 12.7 Å². The van der Waals surface area contributed by atoms with Gasteiger partial charge in [-0.05, 0) is 37.3 Å². The molecule has 0 aliphatic carbocycles. The molecule has 0 saturated carbocycles. The highest BCUT2D eigenvalue weighted by Gasteiger charge is 2.12. The zero-order valence-electron chi connectivity index (χ0n) is 13.6. The van der Waals surface area contributed by atoms with Crippen molar-refractivity contribution in [2.45, 2.75) is 6.92 Å². The van der Waals surface area contributed by atoms with Gasteiger partial charge in [0, 0.05) is 11.8 Å². The number of rotatable bonds is 4. The number of aromatic nitrogens is 2. The van der Waals surface area contributed by atoms with Gasteiger partial charge in [0.15, 0.2) is 0 Å². The molecule has 0 fully saturated rings. The minimum atomic E-state index is -0.453. The molecule has 0 unspecified atom stereocenters. The van der Waals surface area contributed by atoms with Gasteiger partial charge in [0.05, 0.1) is 15.7 Å². The first-order chi connectivity index (χ1) is 12.4. The highest BCUT2D eigenvalue weighted by atomic mass is 35.5. The SMILES string of the molecule is Cc1nc(Nc2ccccc2F)cc(C(=O)Nc2ccc(Cl)c(Cl)c2)n1. The highest BCUT2D eigenvalue weighted by molar-refractivity contribution is 6.42. The number of hydrogen-bond donors (Lipinski definition) is 2. The lowest BCUT2D eigenvalue weighted by atomic mass is 10.2. The molecule has 2 aromatic carbocycles. The zero-order chi connectivity index (χ0) is 18.7. The topological polar surface area (TPSA) is 66.9 Å². The van der Waals surface area contributed by atoms with E-state index in [1.165, 1.54) is 18.2 Å². The fraction of sp³-hybridized carbons (Fsp3) is 0.0556. The molecule has 3 aromatic rings. The maximum atomic E-state index is 13.8. The van der Waals surface area contributed by atoms with E-state index in [4.69, 9.17) is 23.2 Å². The number of benzene rings is 2. The molecule has 1 aromatic heterocycles. The fourth-order valence-corrected chi connectivity index (χ4v) is 2.52. The van der Waals surface area contributed by atoms with E-state index in [0.29, 0.717) is 27.4 Å². The first-order valence-corrected chi connectivity index (χ1v) is 8.31. The van der Waals surface area contributed by atoms with E-state index >= 15 is 0 Å². The molecule has 1 heterocycles. The summed E-state index contributed by atoms with van der Waals surface area (Å²) in [4.78, 5) is 20.8. The Morgan fingerprint density at radius 1 is 1.04 bits per heavy atom. The van der Waals surface area contributed by atoms with Crippen LogP contribution in [0.2, 0.25) is 10.0 Å². The lowest BCUT2D eigenvalue weighted by Crippen LogP contribution is -2.15. The summed E-state index contributed by atoms with van der Waals surface area (Å²) in [6, 6.07) is 12.4. The van der Waals surface area contributed by atoms with Crippen LogP contribution in [0.4, 0.5) is 21.6 Å². The monoisotopic (exact) mass is 390 g/mol. The minimum absolute atomic E-state index is 0.127. The number of carbonyl (C=O) groups excluding carboxylic acids is 1. The minimum Gasteiger partial charge on any atom is -0.338 e. The van der Waals surface area contributed by atoms with Crippen molar-refractivity contribution in [3.05, 3.63) is 75.9 Å². The van der Waals surface area contributed by atoms with Crippen molar-refractivity contribution in [1.82, 2.24) is 9.97 Å². The predicted octanol–water partition coefficient (Wildman–Crippen LogP) is 5.23. The van der Waals surface area contributed by atoms with Gasteiger partial charge >= 0.3 is 0 Å². The van der Waals surface area contributed by atoms with E-state index in [9.17, 15) is 9.18 Å². The van der Waals surface area contributed by atoms with Crippen molar-refractivity contribution in [2.24, 2.45) is 0 Å². The third-order valence-corrected chi connectivity index (χ3v) is 4.12. The molecule has 0 bridgehead atoms. The number of hydrogen-bond acceptors (Lipinski definition) is 4. The van der Waals surface area contributed by atoms with Crippen LogP contribution in [0.5, 0.6) is 0 Å². The maximum Gasteiger partial charge on any atom is 0.274 e. The van der Waals surface area contributed by atoms with Crippen LogP contribution in [0.3, 0.4) is 0 Å². The average molecular weight is 391 g/mol. The summed E-state index contributed by atoms with van der Waals surface area (Å²) in [5, 5.41) is 6.24. The van der Waals surface area contributed by atoms with Crippen LogP contribution in [0.15, 0.2) is 48.5 Å². The standard InChI is InChI=1S/C18H13Cl2FN4O/c1-10-22-16(18(26)24-11-6-7-12(19)13(20)8-11)9-17(23-10)25-15-5-3-2-4-14(15)21/h2-9H,1H3,(H,24,26)(H,22,23,25). The number of amides is 1. The van der Waals surface area contributed by atoms with Gasteiger partial charge in [-0.25, -0.2) is 14.4 Å². The second kappa shape index (κ2) is 7.68. The second-order valence-corrected chi connectivity index (χ2v) is 6.19. The highest BCUT2D eigenvalue weighted by Crippen LogP contribution is 2.25. The van der Waals surface area contributed by atoms with Crippen LogP contribution in [-0.4, -0.2) is 15.9 Å². The maximum absolute atomic E-state index is 13.8. The fourth-order valence-electron chi connectivity index (χ4n) is 2.22. The number of anilines is 3. The lowest BCUT2D eigenvalue weighted by molar-refractivity contribution is 0.102. The Hall–Kier alpha value is -2.70. The summed E-state index contributed by atoms with van der Waals surface area (Å²) >= 11 is 11.8. The van der Waals surface area contributed by atoms with Crippen molar-refractivity contribution in [3.63, 3.8) is 0 Å². The van der Waals surface area contributed by atoms with Gasteiger partial charge in [-0.15, -0.1) is 0 Å². The third kappa shape index (κ3) is 4.28. The summed E-state index contributed by atoms with van der Waals surface area (Å²) in [5.74, 6) is -0.205. The molecule has 26 heavy (non-hydrogen) atoms. The Morgan fingerprint density at radius 2 is 1.81 bits per heavy atom. The molecule has 8 heteroatoms. The Labute approximate surface area is 159 Å². The normalized spacial score (nSPS) is 10.5. The van der Waals surface area contributed by atoms with Crippen molar-refractivity contribution >= 4 is 46.3 Å². The molecule has 3 rings (SSSR count). The number of nitrogens with one attached hydrogen (secondary N) is 2. The summed E-state index contributed by atoms with van der Waals surface area (Å²) in [6.45, 7) is 1.64. The molecule has 0 aliphatic heterocycles. The van der Waals surface area contributed by atoms with Crippen molar-refractivity contribution in [2.75, 3.05) is 10.6 Å². The molecule has 0 spiro atoms. The van der Waals surface area contributed by atoms with Crippen molar-refractivity contribution < 1.29 is 9.18 Å². The largest absolute Gasteiger partial charge is 0.338 e. The molecule has 1 amide bonds. The molecule has 0 radical (unpaired) electrons. The Bertz CT molecular complexity index is 981. The molecular weight excluding hydrogens is 378 g/mol. The Morgan fingerprint density at radius 3 is 2.54 bits per heavy atom. The summed E-state index contributed by atoms with van der Waals surface area (Å²) in [6.07, 6.45) is 0. The van der Waals surface area contributed by atoms with E-state index in [-0.39, 0.29) is 11.4 Å². The van der Waals surface area contributed by atoms with Gasteiger partial charge in [-0.2, -0.15) is 0 Å². The lowest BCUT2D eigenvalue weighted by Gasteiger charge is -2.10. The van der Waals surface area contributed by atoms with E-state index in [1.807, 2.05) is 0 Å². The number of halogens is 3. The van der Waals surface area contributed by atoms with E-state index in [0.717, 1.165) is 0 Å². The van der Waals surface area contributed by atoms with Gasteiger partial charge in [-0.3, -0.25) is 4.79 Å². The first kappa shape index (κ1) is 18.1. The van der Waals surface area contributed by atoms with Gasteiger partial charge in [-0.1, -0.05) is 35.3 Å². The molecule has 0 saturated heterocycles. The summed E-state index contributed by atoms with van der Waals surface area (Å²) in [7, 11) is 0. The second-order valence-electron chi connectivity index (χ2n) is 5.37. The molecular formula is C18H13Cl2FN4O. The van der Waals surface area contributed by atoms with Crippen LogP contribution < -0.4 is 10.6 Å². The van der Waals surface area contributed by atoms with Gasteiger partial charge in [0.2, 0.25) is 0 Å². The summed E-state index contributed by atoms with van der Waals surface area (Å²) in [5.41, 5.74) is 0.855. The average Bonchev–Trinajstić information content (AvgIpc) is 2.60. The van der Waals surface area contributed by atoms with E-state index in [1.54, 1.807) is 37.3 Å². The molecule has 2 N–H and O–H groups in total. The molecule has 0 atom stereocenters. The van der Waals surface area contributed by atoms with Crippen LogP contribution in [0.25, 0.3) is 0 Å². The summed E-state index contributed by atoms with van der Waals surface area (Å²) < 4.78 is 13.8. The predicted molar refractivity (Wildman–Crippen MR) is 101 cm³/mol. The van der Waals surface area contributed by atoms with Crippen LogP contribution >= 0.6 is 23.2 Å². The zero-order valence-corrected chi connectivity index (χ0v) is 15.1. The molecule has 5 nitrogen and oxygen atoms in total.